The van der Waals surface area contributed by atoms with Crippen molar-refractivity contribution in [2.45, 2.75) is 26.5 Å². The van der Waals surface area contributed by atoms with Crippen LogP contribution in [-0.4, -0.2) is 20.6 Å². The number of nitro benzene ring substituents is 1. The maximum atomic E-state index is 12.4. The molecule has 8 nitrogen and oxygen atoms in total. The first-order chi connectivity index (χ1) is 13.8. The van der Waals surface area contributed by atoms with Crippen LogP contribution in [0.5, 0.6) is 5.75 Å². The summed E-state index contributed by atoms with van der Waals surface area (Å²) in [4.78, 5) is 22.7. The predicted octanol–water partition coefficient (Wildman–Crippen LogP) is 4.86. The minimum absolute atomic E-state index is 0.131. The molecule has 0 aliphatic carbocycles. The van der Waals surface area contributed by atoms with Crippen molar-refractivity contribution in [3.8, 4) is 5.75 Å². The van der Waals surface area contributed by atoms with E-state index in [1.54, 1.807) is 6.20 Å². The molecular formula is C20H19ClN4O4. The highest BCUT2D eigenvalue weighted by Gasteiger charge is 2.15. The number of nitrogens with one attached hydrogen (secondary N) is 1. The molecule has 1 amide bonds. The number of amides is 1. The maximum Gasteiger partial charge on any atom is 0.276 e. The number of anilines is 1. The van der Waals surface area contributed by atoms with Crippen LogP contribution in [0.2, 0.25) is 5.02 Å². The fourth-order valence-corrected chi connectivity index (χ4v) is 2.72. The van der Waals surface area contributed by atoms with Crippen LogP contribution in [0.15, 0.2) is 54.7 Å². The number of hydrogen-bond donors (Lipinski definition) is 1. The fourth-order valence-electron chi connectivity index (χ4n) is 2.55. The van der Waals surface area contributed by atoms with Crippen molar-refractivity contribution < 1.29 is 14.5 Å². The lowest BCUT2D eigenvalue weighted by Gasteiger charge is -2.09. The predicted molar refractivity (Wildman–Crippen MR) is 109 cm³/mol. The quantitative estimate of drug-likeness (QED) is 0.439. The van der Waals surface area contributed by atoms with E-state index in [9.17, 15) is 14.9 Å². The Morgan fingerprint density at radius 3 is 2.62 bits per heavy atom. The van der Waals surface area contributed by atoms with Crippen molar-refractivity contribution in [2.75, 3.05) is 5.32 Å². The smallest absolute Gasteiger partial charge is 0.276 e. The molecule has 3 aromatic rings. The number of hydrogen-bond acceptors (Lipinski definition) is 5. The average molecular weight is 415 g/mol. The van der Waals surface area contributed by atoms with Gasteiger partial charge in [-0.3, -0.25) is 14.9 Å². The van der Waals surface area contributed by atoms with Gasteiger partial charge in [-0.05, 0) is 35.7 Å². The molecule has 150 valence electrons. The third-order valence-corrected chi connectivity index (χ3v) is 4.52. The standard InChI is InChI=1S/C20H19ClN4O4/c1-13(2)14-3-6-16(7-4-14)29-12-24-10-9-18(23-24)20(26)22-19-11-15(25(27)28)5-8-17(19)21/h3-11,13H,12H2,1-2H3,(H,22,26). The summed E-state index contributed by atoms with van der Waals surface area (Å²) >= 11 is 6.00. The van der Waals surface area contributed by atoms with E-state index < -0.39 is 10.8 Å². The van der Waals surface area contributed by atoms with E-state index in [2.05, 4.69) is 24.3 Å². The number of nitrogens with zero attached hydrogens (tertiary/aromatic N) is 3. The zero-order chi connectivity index (χ0) is 21.0. The van der Waals surface area contributed by atoms with Crippen LogP contribution >= 0.6 is 11.6 Å². The van der Waals surface area contributed by atoms with E-state index in [1.165, 1.54) is 34.5 Å². The second kappa shape index (κ2) is 8.74. The van der Waals surface area contributed by atoms with Gasteiger partial charge in [-0.2, -0.15) is 5.10 Å². The molecule has 0 saturated carbocycles. The highest BCUT2D eigenvalue weighted by Crippen LogP contribution is 2.27. The molecule has 0 bridgehead atoms. The molecule has 1 aromatic heterocycles. The molecule has 0 aliphatic heterocycles. The molecule has 1 N–H and O–H groups in total. The van der Waals surface area contributed by atoms with Crippen molar-refractivity contribution in [1.29, 1.82) is 0 Å². The Morgan fingerprint density at radius 1 is 1.24 bits per heavy atom. The molecule has 1 heterocycles. The van der Waals surface area contributed by atoms with Gasteiger partial charge in [0, 0.05) is 18.3 Å². The summed E-state index contributed by atoms with van der Waals surface area (Å²) in [5, 5.41) is 17.8. The first kappa shape index (κ1) is 20.3. The lowest BCUT2D eigenvalue weighted by molar-refractivity contribution is -0.384. The largest absolute Gasteiger partial charge is 0.471 e. The van der Waals surface area contributed by atoms with Gasteiger partial charge in [0.15, 0.2) is 12.4 Å². The van der Waals surface area contributed by atoms with Crippen LogP contribution in [0, 0.1) is 10.1 Å². The number of aromatic nitrogens is 2. The summed E-state index contributed by atoms with van der Waals surface area (Å²) in [6, 6.07) is 13.1. The van der Waals surface area contributed by atoms with Crippen molar-refractivity contribution in [1.82, 2.24) is 9.78 Å². The van der Waals surface area contributed by atoms with Crippen molar-refractivity contribution in [3.63, 3.8) is 0 Å². The summed E-state index contributed by atoms with van der Waals surface area (Å²) in [5.41, 5.74) is 1.32. The van der Waals surface area contributed by atoms with Crippen molar-refractivity contribution >= 4 is 28.9 Å². The van der Waals surface area contributed by atoms with Crippen molar-refractivity contribution in [2.24, 2.45) is 0 Å². The molecule has 3 rings (SSSR count). The second-order valence-electron chi connectivity index (χ2n) is 6.61. The van der Waals surface area contributed by atoms with Crippen LogP contribution in [0.25, 0.3) is 0 Å². The van der Waals surface area contributed by atoms with Gasteiger partial charge in [0.2, 0.25) is 0 Å². The Balaban J connectivity index is 1.63. The van der Waals surface area contributed by atoms with Crippen molar-refractivity contribution in [3.05, 3.63) is 81.1 Å². The number of nitro groups is 1. The maximum absolute atomic E-state index is 12.4. The van der Waals surface area contributed by atoms with Gasteiger partial charge in [0.25, 0.3) is 11.6 Å². The van der Waals surface area contributed by atoms with E-state index in [0.29, 0.717) is 11.7 Å². The average Bonchev–Trinajstić information content (AvgIpc) is 3.17. The molecular weight excluding hydrogens is 396 g/mol. The molecule has 0 aliphatic rings. The van der Waals surface area contributed by atoms with E-state index in [4.69, 9.17) is 16.3 Å². The SMILES string of the molecule is CC(C)c1ccc(OCn2ccc(C(=O)Nc3cc([N+](=O)[O-])ccc3Cl)n2)cc1. The molecule has 0 radical (unpaired) electrons. The van der Waals surface area contributed by atoms with Gasteiger partial charge in [0.05, 0.1) is 15.6 Å². The van der Waals surface area contributed by atoms with Crippen LogP contribution < -0.4 is 10.1 Å². The van der Waals surface area contributed by atoms with Gasteiger partial charge in [0.1, 0.15) is 5.75 Å². The van der Waals surface area contributed by atoms with Crippen LogP contribution in [0.1, 0.15) is 35.8 Å². The Labute approximate surface area is 172 Å². The minimum Gasteiger partial charge on any atom is -0.471 e. The van der Waals surface area contributed by atoms with Gasteiger partial charge < -0.3 is 10.1 Å². The summed E-state index contributed by atoms with van der Waals surface area (Å²) in [5.74, 6) is 0.600. The number of ether oxygens (including phenoxy) is 1. The number of rotatable bonds is 7. The molecule has 29 heavy (non-hydrogen) atoms. The van der Waals surface area contributed by atoms with Crippen LogP contribution in [0.4, 0.5) is 11.4 Å². The summed E-state index contributed by atoms with van der Waals surface area (Å²) in [7, 11) is 0. The summed E-state index contributed by atoms with van der Waals surface area (Å²) in [6.07, 6.45) is 1.60. The molecule has 0 saturated heterocycles. The lowest BCUT2D eigenvalue weighted by atomic mass is 10.0. The molecule has 0 atom stereocenters. The lowest BCUT2D eigenvalue weighted by Crippen LogP contribution is -2.14. The van der Waals surface area contributed by atoms with Crippen LogP contribution in [-0.2, 0) is 6.73 Å². The number of non-ortho nitro benzene ring substituents is 1. The van der Waals surface area contributed by atoms with Gasteiger partial charge >= 0.3 is 0 Å². The molecule has 9 heteroatoms. The van der Waals surface area contributed by atoms with E-state index in [-0.39, 0.29) is 28.8 Å². The van der Waals surface area contributed by atoms with Gasteiger partial charge in [-0.15, -0.1) is 0 Å². The highest BCUT2D eigenvalue weighted by atomic mass is 35.5. The monoisotopic (exact) mass is 414 g/mol. The number of benzene rings is 2. The molecule has 0 spiro atoms. The molecule has 2 aromatic carbocycles. The third kappa shape index (κ3) is 5.11. The van der Waals surface area contributed by atoms with Gasteiger partial charge in [-0.25, -0.2) is 4.68 Å². The fraction of sp³-hybridized carbons (Fsp3) is 0.200. The Morgan fingerprint density at radius 2 is 1.97 bits per heavy atom. The minimum atomic E-state index is -0.564. The Kier molecular flexibility index (Phi) is 6.13. The first-order valence-electron chi connectivity index (χ1n) is 8.85. The molecule has 0 unspecified atom stereocenters. The normalized spacial score (nSPS) is 10.8. The summed E-state index contributed by atoms with van der Waals surface area (Å²) in [6.45, 7) is 4.37. The van der Waals surface area contributed by atoms with E-state index in [0.717, 1.165) is 0 Å². The Bertz CT molecular complexity index is 1030. The zero-order valence-corrected chi connectivity index (χ0v) is 16.6. The Hall–Kier alpha value is -3.39. The summed E-state index contributed by atoms with van der Waals surface area (Å²) < 4.78 is 7.14. The number of halogens is 1. The highest BCUT2D eigenvalue weighted by molar-refractivity contribution is 6.34. The number of carbonyl (C=O) groups excluding carboxylic acids is 1. The number of carbonyl (C=O) groups is 1. The first-order valence-corrected chi connectivity index (χ1v) is 9.23. The van der Waals surface area contributed by atoms with E-state index in [1.807, 2.05) is 24.3 Å². The topological polar surface area (TPSA) is 99.3 Å². The third-order valence-electron chi connectivity index (χ3n) is 4.19. The zero-order valence-electron chi connectivity index (χ0n) is 15.8. The van der Waals surface area contributed by atoms with Gasteiger partial charge in [-0.1, -0.05) is 37.6 Å². The molecule has 0 fully saturated rings. The second-order valence-corrected chi connectivity index (χ2v) is 7.02. The van der Waals surface area contributed by atoms with E-state index >= 15 is 0 Å². The van der Waals surface area contributed by atoms with Crippen LogP contribution in [0.3, 0.4) is 0 Å².